The van der Waals surface area contributed by atoms with E-state index in [-0.39, 0.29) is 5.91 Å². The Bertz CT molecular complexity index is 1410. The van der Waals surface area contributed by atoms with E-state index in [9.17, 15) is 4.79 Å². The van der Waals surface area contributed by atoms with E-state index in [2.05, 4.69) is 29.2 Å². The molecule has 0 radical (unpaired) electrons. The van der Waals surface area contributed by atoms with E-state index < -0.39 is 0 Å². The van der Waals surface area contributed by atoms with Crippen molar-refractivity contribution in [2.75, 3.05) is 43.2 Å². The lowest BCUT2D eigenvalue weighted by molar-refractivity contribution is 0.0342. The smallest absolute Gasteiger partial charge is 0.268 e. The first kappa shape index (κ1) is 23.7. The number of halogens is 1. The fourth-order valence-electron chi connectivity index (χ4n) is 4.98. The Hall–Kier alpha value is -3.65. The molecule has 0 aliphatic carbocycles. The molecule has 4 aromatic rings. The molecule has 3 aromatic carbocycles. The number of nitrogens with zero attached hydrogens (tertiary/aromatic N) is 5. The van der Waals surface area contributed by atoms with Crippen LogP contribution in [-0.4, -0.2) is 53.9 Å². The van der Waals surface area contributed by atoms with Crippen molar-refractivity contribution in [1.82, 2.24) is 14.7 Å². The maximum Gasteiger partial charge on any atom is 0.268 e. The van der Waals surface area contributed by atoms with Gasteiger partial charge in [-0.05, 0) is 41.5 Å². The summed E-state index contributed by atoms with van der Waals surface area (Å²) in [6, 6.07) is 23.9. The molecule has 2 aliphatic rings. The van der Waals surface area contributed by atoms with Gasteiger partial charge in [-0.2, -0.15) is 5.10 Å². The van der Waals surface area contributed by atoms with Gasteiger partial charge in [-0.1, -0.05) is 54.1 Å². The van der Waals surface area contributed by atoms with Crippen molar-refractivity contribution in [1.29, 1.82) is 0 Å². The zero-order valence-electron chi connectivity index (χ0n) is 20.7. The summed E-state index contributed by atoms with van der Waals surface area (Å²) in [5.41, 5.74) is 5.32. The standard InChI is InChI=1S/C29H28ClN5O2/c1-32-26-12-11-23(30)17-27(26)35(24-5-3-2-4-6-24)29(36)25-20-34(31-28(25)32)19-22-9-7-21(8-10-22)18-33-13-15-37-16-14-33/h2-12,17,20H,13-16,18-19H2,1H3. The third kappa shape index (κ3) is 4.73. The van der Waals surface area contributed by atoms with Crippen LogP contribution in [0.3, 0.4) is 0 Å². The highest BCUT2D eigenvalue weighted by Crippen LogP contribution is 2.43. The molecule has 1 aromatic heterocycles. The average molecular weight is 514 g/mol. The van der Waals surface area contributed by atoms with Crippen molar-refractivity contribution < 1.29 is 9.53 Å². The summed E-state index contributed by atoms with van der Waals surface area (Å²) in [7, 11) is 1.94. The summed E-state index contributed by atoms with van der Waals surface area (Å²) in [5, 5.41) is 5.41. The zero-order chi connectivity index (χ0) is 25.4. The number of hydrogen-bond donors (Lipinski definition) is 0. The molecule has 3 heterocycles. The quantitative estimate of drug-likeness (QED) is 0.354. The van der Waals surface area contributed by atoms with Crippen LogP contribution >= 0.6 is 11.6 Å². The van der Waals surface area contributed by atoms with Crippen molar-refractivity contribution in [3.8, 4) is 0 Å². The molecule has 0 unspecified atom stereocenters. The number of benzene rings is 3. The number of anilines is 4. The van der Waals surface area contributed by atoms with Crippen molar-refractivity contribution in [2.24, 2.45) is 0 Å². The third-order valence-electron chi connectivity index (χ3n) is 6.92. The normalized spacial score (nSPS) is 15.9. The monoisotopic (exact) mass is 513 g/mol. The molecule has 1 amide bonds. The van der Waals surface area contributed by atoms with Crippen LogP contribution in [0.5, 0.6) is 0 Å². The Morgan fingerprint density at radius 1 is 0.892 bits per heavy atom. The summed E-state index contributed by atoms with van der Waals surface area (Å²) < 4.78 is 7.30. The van der Waals surface area contributed by atoms with Gasteiger partial charge in [0.05, 0.1) is 31.1 Å². The summed E-state index contributed by atoms with van der Waals surface area (Å²) in [6.45, 7) is 5.04. The molecule has 1 fully saturated rings. The van der Waals surface area contributed by atoms with Crippen LogP contribution in [0.25, 0.3) is 0 Å². The van der Waals surface area contributed by atoms with Gasteiger partial charge in [0.2, 0.25) is 0 Å². The number of hydrogen-bond acceptors (Lipinski definition) is 5. The summed E-state index contributed by atoms with van der Waals surface area (Å²) in [5.74, 6) is 0.483. The molecule has 7 nitrogen and oxygen atoms in total. The molecule has 188 valence electrons. The Balaban J connectivity index is 1.30. The van der Waals surface area contributed by atoms with E-state index in [4.69, 9.17) is 21.4 Å². The summed E-state index contributed by atoms with van der Waals surface area (Å²) in [4.78, 5) is 20.0. The maximum absolute atomic E-state index is 13.9. The van der Waals surface area contributed by atoms with Gasteiger partial charge in [0.1, 0.15) is 5.56 Å². The van der Waals surface area contributed by atoms with Gasteiger partial charge in [0.15, 0.2) is 5.82 Å². The Morgan fingerprint density at radius 3 is 2.32 bits per heavy atom. The molecule has 8 heteroatoms. The van der Waals surface area contributed by atoms with Crippen molar-refractivity contribution >= 4 is 40.4 Å². The van der Waals surface area contributed by atoms with Crippen LogP contribution in [0.1, 0.15) is 21.5 Å². The number of rotatable bonds is 5. The fourth-order valence-corrected chi connectivity index (χ4v) is 5.15. The molecule has 6 rings (SSSR count). The van der Waals surface area contributed by atoms with Crippen LogP contribution in [0.2, 0.25) is 5.02 Å². The maximum atomic E-state index is 13.9. The lowest BCUT2D eigenvalue weighted by atomic mass is 10.1. The van der Waals surface area contributed by atoms with E-state index >= 15 is 0 Å². The fraction of sp³-hybridized carbons (Fsp3) is 0.241. The average Bonchev–Trinajstić information content (AvgIpc) is 3.32. The first-order valence-electron chi connectivity index (χ1n) is 12.4. The van der Waals surface area contributed by atoms with Gasteiger partial charge in [-0.15, -0.1) is 0 Å². The number of ether oxygens (including phenoxy) is 1. The van der Waals surface area contributed by atoms with Crippen molar-refractivity contribution in [3.63, 3.8) is 0 Å². The van der Waals surface area contributed by atoms with Gasteiger partial charge >= 0.3 is 0 Å². The molecular formula is C29H28ClN5O2. The predicted molar refractivity (Wildman–Crippen MR) is 146 cm³/mol. The number of aromatic nitrogens is 2. The molecule has 0 N–H and O–H groups in total. The van der Waals surface area contributed by atoms with Crippen LogP contribution in [-0.2, 0) is 17.8 Å². The van der Waals surface area contributed by atoms with Gasteiger partial charge in [0.25, 0.3) is 5.91 Å². The molecule has 0 bridgehead atoms. The van der Waals surface area contributed by atoms with E-state index in [1.165, 1.54) is 5.56 Å². The number of morpholine rings is 1. The van der Waals surface area contributed by atoms with Crippen LogP contribution < -0.4 is 9.80 Å². The Morgan fingerprint density at radius 2 is 1.59 bits per heavy atom. The lowest BCUT2D eigenvalue weighted by Crippen LogP contribution is -2.35. The second-order valence-corrected chi connectivity index (χ2v) is 9.87. The Kier molecular flexibility index (Phi) is 6.42. The van der Waals surface area contributed by atoms with Gasteiger partial charge < -0.3 is 9.64 Å². The number of fused-ring (bicyclic) bond motifs is 2. The van der Waals surface area contributed by atoms with Crippen LogP contribution in [0, 0.1) is 0 Å². The topological polar surface area (TPSA) is 53.8 Å². The van der Waals surface area contributed by atoms with E-state index in [0.29, 0.717) is 22.9 Å². The van der Waals surface area contributed by atoms with Gasteiger partial charge in [-0.3, -0.25) is 19.3 Å². The molecule has 1 saturated heterocycles. The Labute approximate surface area is 221 Å². The molecule has 0 spiro atoms. The van der Waals surface area contributed by atoms with Crippen molar-refractivity contribution in [3.05, 3.63) is 101 Å². The number of carbonyl (C=O) groups is 1. The first-order chi connectivity index (χ1) is 18.1. The molecule has 2 aliphatic heterocycles. The summed E-state index contributed by atoms with van der Waals surface area (Å²) in [6.07, 6.45) is 1.85. The molecule has 0 saturated carbocycles. The van der Waals surface area contributed by atoms with Crippen LogP contribution in [0.4, 0.5) is 22.9 Å². The van der Waals surface area contributed by atoms with Crippen LogP contribution in [0.15, 0.2) is 79.0 Å². The highest BCUT2D eigenvalue weighted by Gasteiger charge is 2.33. The highest BCUT2D eigenvalue weighted by atomic mass is 35.5. The second kappa shape index (κ2) is 10.0. The predicted octanol–water partition coefficient (Wildman–Crippen LogP) is 5.48. The molecule has 0 atom stereocenters. The van der Waals surface area contributed by atoms with E-state index in [1.807, 2.05) is 71.4 Å². The SMILES string of the molecule is CN1c2ccc(Cl)cc2N(c2ccccc2)C(=O)c2cn(Cc3ccc(CN4CCOCC4)cc3)nc21. The number of para-hydroxylation sites is 1. The zero-order valence-corrected chi connectivity index (χ0v) is 21.4. The number of amides is 1. The number of carbonyl (C=O) groups excluding carboxylic acids is 1. The largest absolute Gasteiger partial charge is 0.379 e. The van der Waals surface area contributed by atoms with Crippen molar-refractivity contribution in [2.45, 2.75) is 13.1 Å². The second-order valence-electron chi connectivity index (χ2n) is 9.44. The minimum absolute atomic E-state index is 0.138. The lowest BCUT2D eigenvalue weighted by Gasteiger charge is -2.26. The minimum atomic E-state index is -0.138. The summed E-state index contributed by atoms with van der Waals surface area (Å²) >= 11 is 6.36. The van der Waals surface area contributed by atoms with Gasteiger partial charge in [-0.25, -0.2) is 0 Å². The van der Waals surface area contributed by atoms with E-state index in [0.717, 1.165) is 55.5 Å². The molecular weight excluding hydrogens is 486 g/mol. The van der Waals surface area contributed by atoms with E-state index in [1.54, 1.807) is 4.90 Å². The molecule has 37 heavy (non-hydrogen) atoms. The van der Waals surface area contributed by atoms with Gasteiger partial charge in [0, 0.05) is 43.6 Å². The first-order valence-corrected chi connectivity index (χ1v) is 12.8. The minimum Gasteiger partial charge on any atom is -0.379 e. The third-order valence-corrected chi connectivity index (χ3v) is 7.16. The highest BCUT2D eigenvalue weighted by molar-refractivity contribution is 6.31.